The third-order valence-corrected chi connectivity index (χ3v) is 2.60. The van der Waals surface area contributed by atoms with Gasteiger partial charge >= 0.3 is 5.97 Å². The molecule has 1 rings (SSSR count). The summed E-state index contributed by atoms with van der Waals surface area (Å²) in [4.78, 5) is 23.5. The molecule has 1 heterocycles. The van der Waals surface area contributed by atoms with Crippen LogP contribution in [-0.4, -0.2) is 23.8 Å². The van der Waals surface area contributed by atoms with Gasteiger partial charge in [-0.3, -0.25) is 9.59 Å². The molecule has 0 radical (unpaired) electrons. The normalized spacial score (nSPS) is 10.2. The van der Waals surface area contributed by atoms with Crippen LogP contribution in [0.15, 0.2) is 23.1 Å². The average Bonchev–Trinajstić information content (AvgIpc) is 2.40. The van der Waals surface area contributed by atoms with Gasteiger partial charge < -0.3 is 14.0 Å². The van der Waals surface area contributed by atoms with E-state index in [0.717, 1.165) is 19.3 Å². The molecule has 0 fully saturated rings. The largest absolute Gasteiger partial charge is 0.488 e. The highest BCUT2D eigenvalue weighted by Crippen LogP contribution is 2.02. The molecule has 0 aliphatic carbocycles. The summed E-state index contributed by atoms with van der Waals surface area (Å²) in [7, 11) is 0. The van der Waals surface area contributed by atoms with E-state index in [1.54, 1.807) is 25.3 Å². The Hall–Kier alpha value is -1.78. The molecule has 1 aromatic rings. The molecule has 0 spiro atoms. The van der Waals surface area contributed by atoms with Gasteiger partial charge in [0.25, 0.3) is 5.56 Å². The minimum Gasteiger partial charge on any atom is -0.488 e. The first-order valence-corrected chi connectivity index (χ1v) is 6.66. The Morgan fingerprint density at radius 2 is 2.11 bits per heavy atom. The number of ether oxygens (including phenoxy) is 2. The van der Waals surface area contributed by atoms with Crippen molar-refractivity contribution in [2.24, 2.45) is 0 Å². The third-order valence-electron chi connectivity index (χ3n) is 2.60. The van der Waals surface area contributed by atoms with Crippen molar-refractivity contribution in [3.63, 3.8) is 0 Å². The summed E-state index contributed by atoms with van der Waals surface area (Å²) in [6.07, 6.45) is 4.52. The van der Waals surface area contributed by atoms with Gasteiger partial charge in [-0.1, -0.05) is 19.8 Å². The number of pyridine rings is 1. The maximum absolute atomic E-state index is 11.9. The van der Waals surface area contributed by atoms with Crippen molar-refractivity contribution in [1.29, 1.82) is 0 Å². The van der Waals surface area contributed by atoms with Gasteiger partial charge in [0.2, 0.25) is 0 Å². The molecule has 0 saturated carbocycles. The standard InChI is InChI=1S/C14H21NO4/c1-3-5-6-10-19-13(16)11-15-9-7-8-12(14(15)17)18-4-2/h7-9H,3-6,10-11H2,1-2H3. The van der Waals surface area contributed by atoms with Gasteiger partial charge in [0.1, 0.15) is 6.54 Å². The van der Waals surface area contributed by atoms with Crippen molar-refractivity contribution < 1.29 is 14.3 Å². The lowest BCUT2D eigenvalue weighted by Crippen LogP contribution is -2.26. The molecule has 5 nitrogen and oxygen atoms in total. The number of hydrogen-bond acceptors (Lipinski definition) is 4. The van der Waals surface area contributed by atoms with Crippen LogP contribution in [0.5, 0.6) is 5.75 Å². The average molecular weight is 267 g/mol. The summed E-state index contributed by atoms with van der Waals surface area (Å²) in [5.74, 6) is -0.143. The first kappa shape index (κ1) is 15.3. The molecule has 0 amide bonds. The minimum atomic E-state index is -0.396. The van der Waals surface area contributed by atoms with E-state index in [2.05, 4.69) is 6.92 Å². The molecule has 0 saturated heterocycles. The molecule has 1 aromatic heterocycles. The van der Waals surface area contributed by atoms with E-state index < -0.39 is 5.97 Å². The highest BCUT2D eigenvalue weighted by Gasteiger charge is 2.08. The van der Waals surface area contributed by atoms with Gasteiger partial charge in [-0.2, -0.15) is 0 Å². The van der Waals surface area contributed by atoms with Gasteiger partial charge in [0, 0.05) is 6.20 Å². The van der Waals surface area contributed by atoms with Gasteiger partial charge in [0.15, 0.2) is 5.75 Å². The number of carbonyl (C=O) groups excluding carboxylic acids is 1. The Morgan fingerprint density at radius 1 is 1.32 bits per heavy atom. The highest BCUT2D eigenvalue weighted by molar-refractivity contribution is 5.69. The predicted molar refractivity (Wildman–Crippen MR) is 72.4 cm³/mol. The van der Waals surface area contributed by atoms with E-state index >= 15 is 0 Å². The first-order valence-electron chi connectivity index (χ1n) is 6.66. The fourth-order valence-electron chi connectivity index (χ4n) is 1.63. The fourth-order valence-corrected chi connectivity index (χ4v) is 1.63. The van der Waals surface area contributed by atoms with E-state index in [4.69, 9.17) is 9.47 Å². The molecular weight excluding hydrogens is 246 g/mol. The molecule has 0 aromatic carbocycles. The summed E-state index contributed by atoms with van der Waals surface area (Å²) in [5, 5.41) is 0. The van der Waals surface area contributed by atoms with Crippen LogP contribution in [0.1, 0.15) is 33.1 Å². The van der Waals surface area contributed by atoms with E-state index in [9.17, 15) is 9.59 Å². The Kier molecular flexibility index (Phi) is 6.71. The van der Waals surface area contributed by atoms with Crippen LogP contribution in [0.3, 0.4) is 0 Å². The molecule has 5 heteroatoms. The summed E-state index contributed by atoms with van der Waals surface area (Å²) in [6.45, 7) is 4.64. The van der Waals surface area contributed by atoms with Gasteiger partial charge in [0.05, 0.1) is 13.2 Å². The molecule has 19 heavy (non-hydrogen) atoms. The van der Waals surface area contributed by atoms with Gasteiger partial charge in [-0.15, -0.1) is 0 Å². The number of rotatable bonds is 8. The van der Waals surface area contributed by atoms with Crippen molar-refractivity contribution >= 4 is 5.97 Å². The zero-order chi connectivity index (χ0) is 14.1. The van der Waals surface area contributed by atoms with Crippen LogP contribution >= 0.6 is 0 Å². The van der Waals surface area contributed by atoms with Crippen molar-refractivity contribution in [3.05, 3.63) is 28.7 Å². The van der Waals surface area contributed by atoms with E-state index in [0.29, 0.717) is 13.2 Å². The lowest BCUT2D eigenvalue weighted by atomic mass is 10.3. The number of carbonyl (C=O) groups is 1. The second kappa shape index (κ2) is 8.34. The predicted octanol–water partition coefficient (Wildman–Crippen LogP) is 1.98. The van der Waals surface area contributed by atoms with E-state index in [-0.39, 0.29) is 17.9 Å². The summed E-state index contributed by atoms with van der Waals surface area (Å²) in [5.41, 5.74) is -0.310. The van der Waals surface area contributed by atoms with Crippen molar-refractivity contribution in [2.75, 3.05) is 13.2 Å². The molecule has 0 bridgehead atoms. The lowest BCUT2D eigenvalue weighted by molar-refractivity contribution is -0.144. The van der Waals surface area contributed by atoms with Crippen molar-refractivity contribution in [2.45, 2.75) is 39.7 Å². The van der Waals surface area contributed by atoms with Crippen molar-refractivity contribution in [1.82, 2.24) is 4.57 Å². The van der Waals surface area contributed by atoms with Crippen LogP contribution in [0, 0.1) is 0 Å². The monoisotopic (exact) mass is 267 g/mol. The molecule has 0 N–H and O–H groups in total. The molecule has 0 aliphatic rings. The lowest BCUT2D eigenvalue weighted by Gasteiger charge is -2.08. The van der Waals surface area contributed by atoms with Crippen LogP contribution in [0.25, 0.3) is 0 Å². The summed E-state index contributed by atoms with van der Waals surface area (Å²) < 4.78 is 11.5. The second-order valence-electron chi connectivity index (χ2n) is 4.17. The van der Waals surface area contributed by atoms with E-state index in [1.165, 1.54) is 4.57 Å². The third kappa shape index (κ3) is 5.16. The quantitative estimate of drug-likeness (QED) is 0.534. The topological polar surface area (TPSA) is 57.5 Å². The fraction of sp³-hybridized carbons (Fsp3) is 0.571. The number of unbranched alkanes of at least 4 members (excludes halogenated alkanes) is 2. The zero-order valence-corrected chi connectivity index (χ0v) is 11.6. The van der Waals surface area contributed by atoms with Gasteiger partial charge in [-0.25, -0.2) is 0 Å². The van der Waals surface area contributed by atoms with Crippen LogP contribution < -0.4 is 10.3 Å². The Labute approximate surface area is 113 Å². The Morgan fingerprint density at radius 3 is 2.79 bits per heavy atom. The zero-order valence-electron chi connectivity index (χ0n) is 11.6. The number of esters is 1. The van der Waals surface area contributed by atoms with E-state index in [1.807, 2.05) is 0 Å². The molecule has 0 atom stereocenters. The van der Waals surface area contributed by atoms with Crippen molar-refractivity contribution in [3.8, 4) is 5.75 Å². The Balaban J connectivity index is 2.54. The minimum absolute atomic E-state index is 0.0775. The maximum Gasteiger partial charge on any atom is 0.326 e. The first-order chi connectivity index (χ1) is 9.19. The van der Waals surface area contributed by atoms with Crippen LogP contribution in [0.4, 0.5) is 0 Å². The summed E-state index contributed by atoms with van der Waals surface area (Å²) >= 11 is 0. The SMILES string of the molecule is CCCCCOC(=O)Cn1cccc(OCC)c1=O. The summed E-state index contributed by atoms with van der Waals surface area (Å²) in [6, 6.07) is 3.27. The molecular formula is C14H21NO4. The number of aromatic nitrogens is 1. The maximum atomic E-state index is 11.9. The van der Waals surface area contributed by atoms with Crippen LogP contribution in [0.2, 0.25) is 0 Å². The molecule has 106 valence electrons. The Bertz CT molecular complexity index is 453. The highest BCUT2D eigenvalue weighted by atomic mass is 16.5. The van der Waals surface area contributed by atoms with Gasteiger partial charge in [-0.05, 0) is 25.5 Å². The smallest absolute Gasteiger partial charge is 0.326 e. The molecule has 0 aliphatic heterocycles. The molecule has 0 unspecified atom stereocenters. The second-order valence-corrected chi connectivity index (χ2v) is 4.17. The number of hydrogen-bond donors (Lipinski definition) is 0. The van der Waals surface area contributed by atoms with Crippen LogP contribution in [-0.2, 0) is 16.1 Å². The number of nitrogens with zero attached hydrogens (tertiary/aromatic N) is 1.